The molecule has 0 aromatic carbocycles. The number of carbonyl (C=O) groups excluding carboxylic acids is 1. The van der Waals surface area contributed by atoms with Gasteiger partial charge in [-0.1, -0.05) is 6.92 Å². The predicted octanol–water partition coefficient (Wildman–Crippen LogP) is 1.00. The van der Waals surface area contributed by atoms with Crippen LogP contribution >= 0.6 is 0 Å². The Hall–Kier alpha value is -0.650. The van der Waals surface area contributed by atoms with Crippen LogP contribution in [0.2, 0.25) is 0 Å². The second-order valence-electron chi connectivity index (χ2n) is 7.67. The lowest BCUT2D eigenvalue weighted by molar-refractivity contribution is -0.132. The zero-order valence-corrected chi connectivity index (χ0v) is 14.8. The molecule has 0 aromatic heterocycles. The molecule has 132 valence electrons. The molecule has 5 heteroatoms. The van der Waals surface area contributed by atoms with Crippen molar-refractivity contribution in [1.29, 1.82) is 0 Å². The third-order valence-corrected chi connectivity index (χ3v) is 6.02. The number of carbonyl (C=O) groups is 1. The number of hydrogen-bond acceptors (Lipinski definition) is 4. The molecule has 1 saturated carbocycles. The molecule has 2 saturated heterocycles. The van der Waals surface area contributed by atoms with Gasteiger partial charge in [-0.15, -0.1) is 0 Å². The molecule has 0 spiro atoms. The van der Waals surface area contributed by atoms with Gasteiger partial charge in [0.05, 0.1) is 0 Å². The largest absolute Gasteiger partial charge is 0.340 e. The Morgan fingerprint density at radius 1 is 0.957 bits per heavy atom. The van der Waals surface area contributed by atoms with Crippen molar-refractivity contribution in [2.75, 3.05) is 58.9 Å². The summed E-state index contributed by atoms with van der Waals surface area (Å²) in [6.45, 7) is 11.7. The Bertz CT molecular complexity index is 367. The summed E-state index contributed by atoms with van der Waals surface area (Å²) >= 11 is 0. The van der Waals surface area contributed by atoms with Crippen molar-refractivity contribution in [3.63, 3.8) is 0 Å². The van der Waals surface area contributed by atoms with Crippen molar-refractivity contribution >= 4 is 5.91 Å². The van der Waals surface area contributed by atoms with Crippen molar-refractivity contribution < 1.29 is 4.79 Å². The molecule has 0 atom stereocenters. The molecule has 0 bridgehead atoms. The van der Waals surface area contributed by atoms with Gasteiger partial charge in [-0.25, -0.2) is 0 Å². The number of piperazine rings is 2. The fourth-order valence-corrected chi connectivity index (χ4v) is 4.29. The maximum absolute atomic E-state index is 12.2. The molecule has 3 aliphatic rings. The van der Waals surface area contributed by atoms with E-state index in [1.807, 2.05) is 4.90 Å². The van der Waals surface area contributed by atoms with Crippen LogP contribution in [0.1, 0.15) is 39.0 Å². The highest BCUT2D eigenvalue weighted by molar-refractivity contribution is 5.76. The van der Waals surface area contributed by atoms with E-state index in [2.05, 4.69) is 22.0 Å². The average Bonchev–Trinajstić information content (AvgIpc) is 2.61. The minimum atomic E-state index is 0.343. The van der Waals surface area contributed by atoms with Crippen LogP contribution in [0.3, 0.4) is 0 Å². The normalized spacial score (nSPS) is 31.3. The standard InChI is InChI=1S/C18H34N4O/c1-16-2-4-17(5-3-16)21-14-12-20(13-15-21)9-6-18(23)22-10-7-19-8-11-22/h16-17,19H,2-15H2,1H3. The highest BCUT2D eigenvalue weighted by atomic mass is 16.2. The molecule has 1 aliphatic carbocycles. The second kappa shape index (κ2) is 8.45. The van der Waals surface area contributed by atoms with E-state index in [0.29, 0.717) is 12.3 Å². The van der Waals surface area contributed by atoms with Gasteiger partial charge < -0.3 is 15.1 Å². The summed E-state index contributed by atoms with van der Waals surface area (Å²) in [7, 11) is 0. The SMILES string of the molecule is CC1CCC(N2CCN(CCC(=O)N3CCNCC3)CC2)CC1. The van der Waals surface area contributed by atoms with Gasteiger partial charge in [0.25, 0.3) is 0 Å². The molecule has 1 amide bonds. The minimum Gasteiger partial charge on any atom is -0.340 e. The Kier molecular flexibility index (Phi) is 6.31. The quantitative estimate of drug-likeness (QED) is 0.838. The van der Waals surface area contributed by atoms with E-state index in [1.165, 1.54) is 38.8 Å². The highest BCUT2D eigenvalue weighted by Crippen LogP contribution is 2.27. The smallest absolute Gasteiger partial charge is 0.223 e. The minimum absolute atomic E-state index is 0.343. The summed E-state index contributed by atoms with van der Waals surface area (Å²) < 4.78 is 0. The third-order valence-electron chi connectivity index (χ3n) is 6.02. The zero-order valence-electron chi connectivity index (χ0n) is 14.8. The van der Waals surface area contributed by atoms with E-state index in [1.54, 1.807) is 0 Å². The molecule has 2 heterocycles. The lowest BCUT2D eigenvalue weighted by Gasteiger charge is -2.41. The molecular weight excluding hydrogens is 288 g/mol. The fraction of sp³-hybridized carbons (Fsp3) is 0.944. The molecular formula is C18H34N4O. The van der Waals surface area contributed by atoms with Crippen LogP contribution in [0.4, 0.5) is 0 Å². The maximum atomic E-state index is 12.2. The Balaban J connectivity index is 1.33. The number of nitrogens with zero attached hydrogens (tertiary/aromatic N) is 3. The van der Waals surface area contributed by atoms with Crippen LogP contribution in [0.5, 0.6) is 0 Å². The van der Waals surface area contributed by atoms with Crippen LogP contribution in [0.15, 0.2) is 0 Å². The number of nitrogens with one attached hydrogen (secondary N) is 1. The predicted molar refractivity (Wildman–Crippen MR) is 93.5 cm³/mol. The molecule has 0 radical (unpaired) electrons. The molecule has 0 aromatic rings. The third kappa shape index (κ3) is 4.91. The van der Waals surface area contributed by atoms with Gasteiger partial charge in [-0.05, 0) is 31.6 Å². The summed E-state index contributed by atoms with van der Waals surface area (Å²) in [5.74, 6) is 1.28. The van der Waals surface area contributed by atoms with Crippen LogP contribution < -0.4 is 5.32 Å². The molecule has 23 heavy (non-hydrogen) atoms. The van der Waals surface area contributed by atoms with Crippen LogP contribution in [-0.4, -0.2) is 85.6 Å². The Labute approximate surface area is 141 Å². The number of hydrogen-bond donors (Lipinski definition) is 1. The molecule has 3 fully saturated rings. The van der Waals surface area contributed by atoms with Crippen molar-refractivity contribution in [3.8, 4) is 0 Å². The van der Waals surface area contributed by atoms with E-state index >= 15 is 0 Å². The monoisotopic (exact) mass is 322 g/mol. The van der Waals surface area contributed by atoms with Gasteiger partial charge >= 0.3 is 0 Å². The number of rotatable bonds is 4. The number of amides is 1. The maximum Gasteiger partial charge on any atom is 0.223 e. The molecule has 2 aliphatic heterocycles. The van der Waals surface area contributed by atoms with Gasteiger partial charge in [-0.3, -0.25) is 9.69 Å². The summed E-state index contributed by atoms with van der Waals surface area (Å²) in [6, 6.07) is 0.829. The van der Waals surface area contributed by atoms with E-state index in [4.69, 9.17) is 0 Å². The van der Waals surface area contributed by atoms with E-state index in [9.17, 15) is 4.79 Å². The lowest BCUT2D eigenvalue weighted by Crippen LogP contribution is -2.52. The summed E-state index contributed by atoms with van der Waals surface area (Å²) in [5, 5.41) is 3.30. The lowest BCUT2D eigenvalue weighted by atomic mass is 9.86. The van der Waals surface area contributed by atoms with Crippen molar-refractivity contribution in [3.05, 3.63) is 0 Å². The van der Waals surface area contributed by atoms with Crippen molar-refractivity contribution in [1.82, 2.24) is 20.0 Å². The Morgan fingerprint density at radius 3 is 2.26 bits per heavy atom. The first-order valence-corrected chi connectivity index (χ1v) is 9.67. The van der Waals surface area contributed by atoms with Gasteiger partial charge in [-0.2, -0.15) is 0 Å². The van der Waals surface area contributed by atoms with Gasteiger partial charge in [0.1, 0.15) is 0 Å². The van der Waals surface area contributed by atoms with Crippen molar-refractivity contribution in [2.45, 2.75) is 45.1 Å². The van der Waals surface area contributed by atoms with Crippen LogP contribution in [-0.2, 0) is 4.79 Å². The first kappa shape index (κ1) is 17.2. The molecule has 0 unspecified atom stereocenters. The van der Waals surface area contributed by atoms with Crippen LogP contribution in [0.25, 0.3) is 0 Å². The first-order valence-electron chi connectivity index (χ1n) is 9.67. The van der Waals surface area contributed by atoms with Crippen molar-refractivity contribution in [2.24, 2.45) is 5.92 Å². The summed E-state index contributed by atoms with van der Waals surface area (Å²) in [4.78, 5) is 19.5. The van der Waals surface area contributed by atoms with E-state index < -0.39 is 0 Å². The molecule has 5 nitrogen and oxygen atoms in total. The highest BCUT2D eigenvalue weighted by Gasteiger charge is 2.27. The topological polar surface area (TPSA) is 38.8 Å². The average molecular weight is 322 g/mol. The first-order chi connectivity index (χ1) is 11.2. The van der Waals surface area contributed by atoms with Gasteiger partial charge in [0.15, 0.2) is 0 Å². The van der Waals surface area contributed by atoms with E-state index in [0.717, 1.165) is 57.8 Å². The van der Waals surface area contributed by atoms with Crippen LogP contribution in [0, 0.1) is 5.92 Å². The fourth-order valence-electron chi connectivity index (χ4n) is 4.29. The Morgan fingerprint density at radius 2 is 1.61 bits per heavy atom. The zero-order chi connectivity index (χ0) is 16.1. The van der Waals surface area contributed by atoms with Gasteiger partial charge in [0, 0.05) is 71.4 Å². The van der Waals surface area contributed by atoms with Gasteiger partial charge in [0.2, 0.25) is 5.91 Å². The second-order valence-corrected chi connectivity index (χ2v) is 7.67. The summed E-state index contributed by atoms with van der Waals surface area (Å²) in [6.07, 6.45) is 6.29. The molecule has 1 N–H and O–H groups in total. The summed E-state index contributed by atoms with van der Waals surface area (Å²) in [5.41, 5.74) is 0. The van der Waals surface area contributed by atoms with E-state index in [-0.39, 0.29) is 0 Å². The molecule has 3 rings (SSSR count).